The van der Waals surface area contributed by atoms with Gasteiger partial charge in [-0.1, -0.05) is 17.7 Å². The number of carboxylic acids is 1. The Morgan fingerprint density at radius 3 is 2.86 bits per heavy atom. The summed E-state index contributed by atoms with van der Waals surface area (Å²) < 4.78 is 0. The Kier molecular flexibility index (Phi) is 3.54. The summed E-state index contributed by atoms with van der Waals surface area (Å²) in [5, 5.41) is 11.9. The van der Waals surface area contributed by atoms with Crippen LogP contribution in [-0.4, -0.2) is 17.6 Å². The van der Waals surface area contributed by atoms with Crippen molar-refractivity contribution in [2.45, 2.75) is 0 Å². The maximum absolute atomic E-state index is 10.6. The number of nitrogens with one attached hydrogen (secondary N) is 1. The third-order valence-electron chi connectivity index (χ3n) is 1.65. The lowest BCUT2D eigenvalue weighted by Crippen LogP contribution is -2.01. The highest BCUT2D eigenvalue weighted by molar-refractivity contribution is 6.33. The summed E-state index contributed by atoms with van der Waals surface area (Å²) in [5.41, 5.74) is 0.885. The average molecular weight is 212 g/mol. The molecule has 0 saturated carbocycles. The van der Waals surface area contributed by atoms with Crippen molar-refractivity contribution >= 4 is 23.3 Å². The monoisotopic (exact) mass is 211 g/mol. The van der Waals surface area contributed by atoms with Gasteiger partial charge in [0.15, 0.2) is 0 Å². The summed E-state index contributed by atoms with van der Waals surface area (Å²) in [6, 6.07) is 4.71. The first-order valence-electron chi connectivity index (χ1n) is 4.02. The molecule has 0 aliphatic heterocycles. The van der Waals surface area contributed by atoms with Crippen LogP contribution in [0.4, 0.5) is 5.69 Å². The molecule has 0 unspecified atom stereocenters. The maximum Gasteiger partial charge on any atom is 0.337 e. The molecule has 0 atom stereocenters. The molecule has 74 valence electrons. The van der Waals surface area contributed by atoms with Crippen molar-refractivity contribution in [3.63, 3.8) is 0 Å². The number of benzene rings is 1. The molecule has 0 heterocycles. The van der Waals surface area contributed by atoms with Crippen molar-refractivity contribution in [2.75, 3.05) is 11.9 Å². The second-order valence-electron chi connectivity index (χ2n) is 2.67. The van der Waals surface area contributed by atoms with E-state index in [4.69, 9.17) is 16.7 Å². The standard InChI is InChI=1S/C10H10ClNO2/c1-2-5-12-7-3-4-8(10(13)14)9(11)6-7/h2-4,6,12H,1,5H2,(H,13,14). The minimum absolute atomic E-state index is 0.107. The lowest BCUT2D eigenvalue weighted by atomic mass is 10.2. The van der Waals surface area contributed by atoms with E-state index >= 15 is 0 Å². The Morgan fingerprint density at radius 1 is 1.64 bits per heavy atom. The lowest BCUT2D eigenvalue weighted by molar-refractivity contribution is 0.0697. The van der Waals surface area contributed by atoms with Crippen LogP contribution >= 0.6 is 11.6 Å². The number of anilines is 1. The zero-order chi connectivity index (χ0) is 10.6. The third kappa shape index (κ3) is 2.50. The zero-order valence-corrected chi connectivity index (χ0v) is 8.21. The van der Waals surface area contributed by atoms with Crippen LogP contribution in [0.3, 0.4) is 0 Å². The summed E-state index contributed by atoms with van der Waals surface area (Å²) >= 11 is 5.76. The quantitative estimate of drug-likeness (QED) is 0.753. The molecule has 1 rings (SSSR count). The number of hydrogen-bond donors (Lipinski definition) is 2. The summed E-state index contributed by atoms with van der Waals surface area (Å²) in [6.07, 6.45) is 1.71. The van der Waals surface area contributed by atoms with Gasteiger partial charge in [0.1, 0.15) is 0 Å². The molecule has 4 heteroatoms. The molecule has 0 radical (unpaired) electrons. The van der Waals surface area contributed by atoms with Crippen LogP contribution < -0.4 is 5.32 Å². The molecule has 0 fully saturated rings. The molecule has 0 bridgehead atoms. The average Bonchev–Trinajstić information content (AvgIpc) is 2.14. The number of carbonyl (C=O) groups is 1. The minimum atomic E-state index is -1.02. The molecule has 0 aliphatic rings. The fourth-order valence-electron chi connectivity index (χ4n) is 0.989. The summed E-state index contributed by atoms with van der Waals surface area (Å²) in [4.78, 5) is 10.6. The molecule has 1 aromatic rings. The van der Waals surface area contributed by atoms with Crippen molar-refractivity contribution in [1.29, 1.82) is 0 Å². The fourth-order valence-corrected chi connectivity index (χ4v) is 1.25. The molecule has 0 amide bonds. The summed E-state index contributed by atoms with van der Waals surface area (Å²) in [5.74, 6) is -1.02. The van der Waals surface area contributed by atoms with Gasteiger partial charge in [-0.25, -0.2) is 4.79 Å². The molecule has 2 N–H and O–H groups in total. The first kappa shape index (κ1) is 10.6. The highest BCUT2D eigenvalue weighted by Gasteiger charge is 2.07. The van der Waals surface area contributed by atoms with Gasteiger partial charge < -0.3 is 10.4 Å². The summed E-state index contributed by atoms with van der Waals surface area (Å²) in [6.45, 7) is 4.17. The van der Waals surface area contributed by atoms with E-state index in [0.29, 0.717) is 6.54 Å². The molecule has 3 nitrogen and oxygen atoms in total. The first-order chi connectivity index (χ1) is 6.65. The smallest absolute Gasteiger partial charge is 0.337 e. The second-order valence-corrected chi connectivity index (χ2v) is 3.08. The Morgan fingerprint density at radius 2 is 2.36 bits per heavy atom. The third-order valence-corrected chi connectivity index (χ3v) is 1.96. The van der Waals surface area contributed by atoms with Gasteiger partial charge in [-0.2, -0.15) is 0 Å². The number of rotatable bonds is 4. The fraction of sp³-hybridized carbons (Fsp3) is 0.100. The topological polar surface area (TPSA) is 49.3 Å². The van der Waals surface area contributed by atoms with Crippen molar-refractivity contribution in [2.24, 2.45) is 0 Å². The highest BCUT2D eigenvalue weighted by atomic mass is 35.5. The van der Waals surface area contributed by atoms with Crippen LogP contribution in [0, 0.1) is 0 Å². The Bertz CT molecular complexity index is 363. The number of carboxylic acid groups (broad SMARTS) is 1. The predicted octanol–water partition coefficient (Wildman–Crippen LogP) is 2.64. The van der Waals surface area contributed by atoms with Crippen LogP contribution in [0.25, 0.3) is 0 Å². The van der Waals surface area contributed by atoms with Gasteiger partial charge in [-0.3, -0.25) is 0 Å². The van der Waals surface area contributed by atoms with Crippen molar-refractivity contribution in [1.82, 2.24) is 0 Å². The Labute approximate surface area is 87.0 Å². The zero-order valence-electron chi connectivity index (χ0n) is 7.46. The molecule has 14 heavy (non-hydrogen) atoms. The normalized spacial score (nSPS) is 9.50. The van der Waals surface area contributed by atoms with Crippen molar-refractivity contribution in [3.8, 4) is 0 Å². The van der Waals surface area contributed by atoms with E-state index in [1.807, 2.05) is 0 Å². The molecular weight excluding hydrogens is 202 g/mol. The van der Waals surface area contributed by atoms with Gasteiger partial charge in [0.2, 0.25) is 0 Å². The van der Waals surface area contributed by atoms with Crippen LogP contribution in [-0.2, 0) is 0 Å². The predicted molar refractivity (Wildman–Crippen MR) is 57.1 cm³/mol. The van der Waals surface area contributed by atoms with E-state index in [-0.39, 0.29) is 10.6 Å². The van der Waals surface area contributed by atoms with Gasteiger partial charge in [0.05, 0.1) is 10.6 Å². The molecular formula is C10H10ClNO2. The number of halogens is 1. The second kappa shape index (κ2) is 4.67. The van der Waals surface area contributed by atoms with Gasteiger partial charge in [0.25, 0.3) is 0 Å². The summed E-state index contributed by atoms with van der Waals surface area (Å²) in [7, 11) is 0. The van der Waals surface area contributed by atoms with Crippen molar-refractivity contribution < 1.29 is 9.90 Å². The van der Waals surface area contributed by atoms with Gasteiger partial charge in [-0.15, -0.1) is 6.58 Å². The first-order valence-corrected chi connectivity index (χ1v) is 4.40. The molecule has 0 aromatic heterocycles. The van der Waals surface area contributed by atoms with E-state index in [0.717, 1.165) is 5.69 Å². The van der Waals surface area contributed by atoms with Gasteiger partial charge in [0, 0.05) is 12.2 Å². The molecule has 1 aromatic carbocycles. The van der Waals surface area contributed by atoms with E-state index in [2.05, 4.69) is 11.9 Å². The van der Waals surface area contributed by atoms with Crippen LogP contribution in [0.1, 0.15) is 10.4 Å². The van der Waals surface area contributed by atoms with Crippen molar-refractivity contribution in [3.05, 3.63) is 41.4 Å². The SMILES string of the molecule is C=CCNc1ccc(C(=O)O)c(Cl)c1. The van der Waals surface area contributed by atoms with E-state index in [1.54, 1.807) is 18.2 Å². The van der Waals surface area contributed by atoms with Gasteiger partial charge >= 0.3 is 5.97 Å². The Balaban J connectivity index is 2.88. The van der Waals surface area contributed by atoms with E-state index in [9.17, 15) is 4.79 Å². The van der Waals surface area contributed by atoms with E-state index < -0.39 is 5.97 Å². The highest BCUT2D eigenvalue weighted by Crippen LogP contribution is 2.20. The van der Waals surface area contributed by atoms with Crippen LogP contribution in [0.5, 0.6) is 0 Å². The van der Waals surface area contributed by atoms with E-state index in [1.165, 1.54) is 6.07 Å². The van der Waals surface area contributed by atoms with Crippen LogP contribution in [0.2, 0.25) is 5.02 Å². The number of hydrogen-bond acceptors (Lipinski definition) is 2. The van der Waals surface area contributed by atoms with Gasteiger partial charge in [-0.05, 0) is 18.2 Å². The van der Waals surface area contributed by atoms with Crippen LogP contribution in [0.15, 0.2) is 30.9 Å². The lowest BCUT2D eigenvalue weighted by Gasteiger charge is -2.05. The minimum Gasteiger partial charge on any atom is -0.478 e. The largest absolute Gasteiger partial charge is 0.478 e. The maximum atomic E-state index is 10.6. The molecule has 0 saturated heterocycles. The number of aromatic carboxylic acids is 1. The molecule has 0 aliphatic carbocycles. The molecule has 0 spiro atoms. The Hall–Kier alpha value is -1.48.